The molecule has 0 spiro atoms. The highest BCUT2D eigenvalue weighted by molar-refractivity contribution is 6.01. The summed E-state index contributed by atoms with van der Waals surface area (Å²) in [6.07, 6.45) is 2.07. The molecule has 7 heteroatoms. The lowest BCUT2D eigenvalue weighted by Gasteiger charge is -2.23. The number of carbonyl (C=O) groups is 1. The van der Waals surface area contributed by atoms with Crippen molar-refractivity contribution in [2.24, 2.45) is 0 Å². The number of hydrogen-bond acceptors (Lipinski definition) is 4. The molecular weight excluding hydrogens is 325 g/mol. The van der Waals surface area contributed by atoms with E-state index in [4.69, 9.17) is 4.74 Å². The van der Waals surface area contributed by atoms with E-state index < -0.39 is 0 Å². The van der Waals surface area contributed by atoms with Crippen molar-refractivity contribution >= 4 is 47.3 Å². The Kier molecular flexibility index (Phi) is 7.55. The van der Waals surface area contributed by atoms with Crippen molar-refractivity contribution in [3.05, 3.63) is 36.5 Å². The lowest BCUT2D eigenvalue weighted by atomic mass is 10.1. The van der Waals surface area contributed by atoms with E-state index >= 15 is 0 Å². The van der Waals surface area contributed by atoms with Gasteiger partial charge >= 0.3 is 0 Å². The summed E-state index contributed by atoms with van der Waals surface area (Å²) in [5, 5.41) is 7.11. The fourth-order valence-electron chi connectivity index (χ4n) is 2.37. The van der Waals surface area contributed by atoms with Gasteiger partial charge in [0.2, 0.25) is 5.91 Å². The van der Waals surface area contributed by atoms with Crippen molar-refractivity contribution in [1.82, 2.24) is 10.3 Å². The molecule has 2 heterocycles. The Hall–Kier alpha value is -1.40. The average Bonchev–Trinajstić information content (AvgIpc) is 2.48. The minimum Gasteiger partial charge on any atom is -0.375 e. The molecule has 1 amide bonds. The Morgan fingerprint density at radius 3 is 2.95 bits per heavy atom. The maximum atomic E-state index is 12.1. The van der Waals surface area contributed by atoms with Gasteiger partial charge < -0.3 is 15.4 Å². The predicted molar refractivity (Wildman–Crippen MR) is 92.1 cm³/mol. The van der Waals surface area contributed by atoms with Gasteiger partial charge in [-0.15, -0.1) is 24.8 Å². The van der Waals surface area contributed by atoms with E-state index in [2.05, 4.69) is 15.6 Å². The van der Waals surface area contributed by atoms with Crippen LogP contribution in [-0.4, -0.2) is 36.7 Å². The topological polar surface area (TPSA) is 63.2 Å². The molecule has 1 fully saturated rings. The molecule has 5 nitrogen and oxygen atoms in total. The fraction of sp³-hybridized carbons (Fsp3) is 0.333. The summed E-state index contributed by atoms with van der Waals surface area (Å²) in [5.41, 5.74) is 1.67. The first-order chi connectivity index (χ1) is 9.83. The second-order valence-corrected chi connectivity index (χ2v) is 4.82. The van der Waals surface area contributed by atoms with Crippen molar-refractivity contribution in [3.63, 3.8) is 0 Å². The van der Waals surface area contributed by atoms with Crippen molar-refractivity contribution in [2.75, 3.05) is 25.0 Å². The van der Waals surface area contributed by atoms with Crippen LogP contribution in [0.3, 0.4) is 0 Å². The van der Waals surface area contributed by atoms with Gasteiger partial charge in [0.05, 0.1) is 30.3 Å². The van der Waals surface area contributed by atoms with Crippen LogP contribution in [0.4, 0.5) is 5.69 Å². The van der Waals surface area contributed by atoms with Crippen molar-refractivity contribution in [1.29, 1.82) is 0 Å². The summed E-state index contributed by atoms with van der Waals surface area (Å²) in [6.45, 7) is 2.24. The van der Waals surface area contributed by atoms with Gasteiger partial charge in [0.25, 0.3) is 0 Å². The molecule has 1 aromatic carbocycles. The Morgan fingerprint density at radius 1 is 1.32 bits per heavy atom. The molecule has 1 unspecified atom stereocenters. The lowest BCUT2D eigenvalue weighted by molar-refractivity contribution is -0.119. The number of rotatable bonds is 3. The maximum Gasteiger partial charge on any atom is 0.227 e. The van der Waals surface area contributed by atoms with Gasteiger partial charge in [-0.3, -0.25) is 9.78 Å². The summed E-state index contributed by atoms with van der Waals surface area (Å²) < 4.78 is 5.54. The molecule has 3 rings (SSSR count). The molecule has 0 saturated carbocycles. The molecule has 1 aliphatic heterocycles. The van der Waals surface area contributed by atoms with Crippen molar-refractivity contribution in [2.45, 2.75) is 12.5 Å². The van der Waals surface area contributed by atoms with Crippen LogP contribution in [0, 0.1) is 0 Å². The highest BCUT2D eigenvalue weighted by Gasteiger charge is 2.17. The SMILES string of the molecule is Cl.Cl.O=C(CC1CNCCO1)Nc1cccc2ncccc12. The zero-order valence-electron chi connectivity index (χ0n) is 12.0. The monoisotopic (exact) mass is 343 g/mol. The normalized spacial score (nSPS) is 17.2. The Balaban J connectivity index is 0.00000121. The third-order valence-electron chi connectivity index (χ3n) is 3.34. The standard InChI is InChI=1S/C15H17N3O2.2ClH/c19-15(9-11-10-16-7-8-20-11)18-14-5-1-4-13-12(14)3-2-6-17-13;;/h1-6,11,16H,7-10H2,(H,18,19);2*1H. The zero-order chi connectivity index (χ0) is 13.8. The summed E-state index contributed by atoms with van der Waals surface area (Å²) in [7, 11) is 0. The number of morpholine rings is 1. The fourth-order valence-corrected chi connectivity index (χ4v) is 2.37. The summed E-state index contributed by atoms with van der Waals surface area (Å²) in [6, 6.07) is 9.54. The van der Waals surface area contributed by atoms with Crippen LogP contribution in [0.5, 0.6) is 0 Å². The number of carbonyl (C=O) groups excluding carboxylic acids is 1. The Bertz CT molecular complexity index is 613. The number of ether oxygens (including phenoxy) is 1. The first-order valence-corrected chi connectivity index (χ1v) is 6.79. The van der Waals surface area contributed by atoms with Crippen LogP contribution in [0.25, 0.3) is 10.9 Å². The molecule has 1 aliphatic rings. The molecular formula is C15H19Cl2N3O2. The third-order valence-corrected chi connectivity index (χ3v) is 3.34. The highest BCUT2D eigenvalue weighted by Crippen LogP contribution is 2.21. The van der Waals surface area contributed by atoms with Crippen LogP contribution < -0.4 is 10.6 Å². The number of pyridine rings is 1. The molecule has 22 heavy (non-hydrogen) atoms. The highest BCUT2D eigenvalue weighted by atomic mass is 35.5. The van der Waals surface area contributed by atoms with Gasteiger partial charge in [0.1, 0.15) is 0 Å². The number of hydrogen-bond donors (Lipinski definition) is 2. The van der Waals surface area contributed by atoms with E-state index in [0.717, 1.165) is 29.7 Å². The molecule has 0 bridgehead atoms. The van der Waals surface area contributed by atoms with E-state index in [-0.39, 0.29) is 36.8 Å². The average molecular weight is 344 g/mol. The predicted octanol–water partition coefficient (Wildman–Crippen LogP) is 2.40. The number of aromatic nitrogens is 1. The van der Waals surface area contributed by atoms with Crippen LogP contribution >= 0.6 is 24.8 Å². The number of benzene rings is 1. The Labute approximate surface area is 141 Å². The van der Waals surface area contributed by atoms with Gasteiger partial charge in [-0.2, -0.15) is 0 Å². The first kappa shape index (κ1) is 18.6. The van der Waals surface area contributed by atoms with E-state index in [1.165, 1.54) is 0 Å². The zero-order valence-corrected chi connectivity index (χ0v) is 13.6. The minimum atomic E-state index is -0.0446. The Morgan fingerprint density at radius 2 is 2.18 bits per heavy atom. The smallest absolute Gasteiger partial charge is 0.227 e. The number of anilines is 1. The maximum absolute atomic E-state index is 12.1. The minimum absolute atomic E-state index is 0. The quantitative estimate of drug-likeness (QED) is 0.898. The second-order valence-electron chi connectivity index (χ2n) is 4.82. The molecule has 2 aromatic rings. The van der Waals surface area contributed by atoms with E-state index in [1.807, 2.05) is 30.3 Å². The van der Waals surface area contributed by atoms with Gasteiger partial charge in [-0.25, -0.2) is 0 Å². The van der Waals surface area contributed by atoms with E-state index in [1.54, 1.807) is 6.20 Å². The van der Waals surface area contributed by atoms with Crippen LogP contribution in [0.15, 0.2) is 36.5 Å². The van der Waals surface area contributed by atoms with Crippen LogP contribution in [0.1, 0.15) is 6.42 Å². The summed E-state index contributed by atoms with van der Waals surface area (Å²) in [5.74, 6) is -0.0324. The molecule has 0 aliphatic carbocycles. The van der Waals surface area contributed by atoms with E-state index in [9.17, 15) is 4.79 Å². The van der Waals surface area contributed by atoms with Gasteiger partial charge in [-0.05, 0) is 24.3 Å². The molecule has 2 N–H and O–H groups in total. The second kappa shape index (κ2) is 8.90. The van der Waals surface area contributed by atoms with Crippen LogP contribution in [0.2, 0.25) is 0 Å². The molecule has 1 saturated heterocycles. The van der Waals surface area contributed by atoms with Crippen molar-refractivity contribution in [3.8, 4) is 0 Å². The number of fused-ring (bicyclic) bond motifs is 1. The number of halogens is 2. The van der Waals surface area contributed by atoms with Crippen molar-refractivity contribution < 1.29 is 9.53 Å². The summed E-state index contributed by atoms with van der Waals surface area (Å²) in [4.78, 5) is 16.4. The van der Waals surface area contributed by atoms with Crippen LogP contribution in [-0.2, 0) is 9.53 Å². The summed E-state index contributed by atoms with van der Waals surface area (Å²) >= 11 is 0. The number of nitrogens with one attached hydrogen (secondary N) is 2. The third kappa shape index (κ3) is 4.55. The molecule has 1 aromatic heterocycles. The van der Waals surface area contributed by atoms with E-state index in [0.29, 0.717) is 13.0 Å². The molecule has 0 radical (unpaired) electrons. The first-order valence-electron chi connectivity index (χ1n) is 6.79. The molecule has 1 atom stereocenters. The number of amides is 1. The van der Waals surface area contributed by atoms with Gasteiger partial charge in [-0.1, -0.05) is 6.07 Å². The molecule has 120 valence electrons. The van der Waals surface area contributed by atoms with Gasteiger partial charge in [0.15, 0.2) is 0 Å². The lowest BCUT2D eigenvalue weighted by Crippen LogP contribution is -2.40. The van der Waals surface area contributed by atoms with Gasteiger partial charge in [0, 0.05) is 24.7 Å². The number of nitrogens with zero attached hydrogens (tertiary/aromatic N) is 1. The largest absolute Gasteiger partial charge is 0.375 e.